The quantitative estimate of drug-likeness (QED) is 0.662. The molecule has 4 nitrogen and oxygen atoms in total. The van der Waals surface area contributed by atoms with E-state index in [9.17, 15) is 0 Å². The van der Waals surface area contributed by atoms with E-state index in [4.69, 9.17) is 11.6 Å². The number of halogens is 2. The number of nitrogens with zero attached hydrogens (tertiary/aromatic N) is 4. The summed E-state index contributed by atoms with van der Waals surface area (Å²) in [5, 5.41) is 0. The van der Waals surface area contributed by atoms with Gasteiger partial charge in [-0.15, -0.1) is 11.6 Å². The van der Waals surface area contributed by atoms with Crippen LogP contribution in [-0.2, 0) is 13.0 Å². The van der Waals surface area contributed by atoms with Crippen molar-refractivity contribution in [2.24, 2.45) is 0 Å². The van der Waals surface area contributed by atoms with Crippen molar-refractivity contribution in [2.75, 3.05) is 5.88 Å². The highest BCUT2D eigenvalue weighted by atomic mass is 79.9. The van der Waals surface area contributed by atoms with Gasteiger partial charge in [-0.25, -0.2) is 4.98 Å². The van der Waals surface area contributed by atoms with Crippen LogP contribution in [0.15, 0.2) is 35.1 Å². The van der Waals surface area contributed by atoms with Crippen LogP contribution in [0.25, 0.3) is 11.0 Å². The molecule has 0 fully saturated rings. The van der Waals surface area contributed by atoms with Gasteiger partial charge in [0.15, 0.2) is 0 Å². The first-order valence-electron chi connectivity index (χ1n) is 6.65. The van der Waals surface area contributed by atoms with Crippen LogP contribution < -0.4 is 0 Å². The summed E-state index contributed by atoms with van der Waals surface area (Å²) in [5.74, 6) is 1.52. The molecular weight excluding hydrogens is 352 g/mol. The summed E-state index contributed by atoms with van der Waals surface area (Å²) in [6.07, 6.45) is 4.32. The van der Waals surface area contributed by atoms with Crippen molar-refractivity contribution in [3.63, 3.8) is 0 Å². The Labute approximate surface area is 136 Å². The average molecular weight is 366 g/mol. The zero-order chi connectivity index (χ0) is 14.8. The van der Waals surface area contributed by atoms with Gasteiger partial charge in [0.25, 0.3) is 0 Å². The summed E-state index contributed by atoms with van der Waals surface area (Å²) in [5.41, 5.74) is 3.87. The number of imidazole rings is 1. The van der Waals surface area contributed by atoms with Gasteiger partial charge in [0.2, 0.25) is 0 Å². The minimum absolute atomic E-state index is 0.546. The van der Waals surface area contributed by atoms with Gasteiger partial charge in [0, 0.05) is 23.0 Å². The third-order valence-electron chi connectivity index (χ3n) is 3.26. The molecule has 2 aromatic heterocycles. The number of aromatic nitrogens is 4. The Hall–Kier alpha value is -1.46. The van der Waals surface area contributed by atoms with Crippen LogP contribution in [0.3, 0.4) is 0 Å². The van der Waals surface area contributed by atoms with E-state index in [1.807, 2.05) is 25.3 Å². The smallest absolute Gasteiger partial charge is 0.111 e. The lowest BCUT2D eigenvalue weighted by Gasteiger charge is -2.08. The maximum Gasteiger partial charge on any atom is 0.111 e. The van der Waals surface area contributed by atoms with Crippen molar-refractivity contribution in [1.29, 1.82) is 0 Å². The van der Waals surface area contributed by atoms with Crippen molar-refractivity contribution >= 4 is 38.6 Å². The van der Waals surface area contributed by atoms with E-state index in [0.29, 0.717) is 12.4 Å². The molecule has 0 unspecified atom stereocenters. The maximum atomic E-state index is 5.90. The summed E-state index contributed by atoms with van der Waals surface area (Å²) in [4.78, 5) is 13.4. The van der Waals surface area contributed by atoms with Gasteiger partial charge >= 0.3 is 0 Å². The molecule has 0 radical (unpaired) electrons. The van der Waals surface area contributed by atoms with Gasteiger partial charge in [-0.2, -0.15) is 0 Å². The molecular formula is C15H14BrClN4. The topological polar surface area (TPSA) is 43.6 Å². The van der Waals surface area contributed by atoms with Gasteiger partial charge in [-0.05, 0) is 25.1 Å². The predicted octanol–water partition coefficient (Wildman–Crippen LogP) is 3.73. The number of benzene rings is 1. The Morgan fingerprint density at radius 1 is 1.24 bits per heavy atom. The average Bonchev–Trinajstić information content (AvgIpc) is 2.79. The summed E-state index contributed by atoms with van der Waals surface area (Å²) in [7, 11) is 0. The van der Waals surface area contributed by atoms with Crippen LogP contribution in [0.4, 0.5) is 0 Å². The fourth-order valence-electron chi connectivity index (χ4n) is 2.26. The predicted molar refractivity (Wildman–Crippen MR) is 87.7 cm³/mol. The number of rotatable bonds is 4. The molecule has 0 aliphatic carbocycles. The third-order valence-corrected chi connectivity index (χ3v) is 3.94. The SMILES string of the molecule is Cc1cnc(Cn2c(CCCl)nc3ccc(Br)cc32)cn1. The third kappa shape index (κ3) is 3.09. The van der Waals surface area contributed by atoms with E-state index in [0.717, 1.165) is 39.1 Å². The monoisotopic (exact) mass is 364 g/mol. The first-order valence-corrected chi connectivity index (χ1v) is 7.98. The first kappa shape index (κ1) is 14.5. The lowest BCUT2D eigenvalue weighted by Crippen LogP contribution is -2.07. The molecule has 0 saturated heterocycles. The lowest BCUT2D eigenvalue weighted by molar-refractivity contribution is 0.732. The minimum atomic E-state index is 0.546. The fraction of sp³-hybridized carbons (Fsp3) is 0.267. The van der Waals surface area contributed by atoms with E-state index >= 15 is 0 Å². The van der Waals surface area contributed by atoms with Gasteiger partial charge in [0.05, 0.1) is 35.2 Å². The number of aryl methyl sites for hydroxylation is 2. The molecule has 3 rings (SSSR count). The van der Waals surface area contributed by atoms with Gasteiger partial charge < -0.3 is 4.57 Å². The lowest BCUT2D eigenvalue weighted by atomic mass is 10.3. The molecule has 108 valence electrons. The van der Waals surface area contributed by atoms with Crippen LogP contribution >= 0.6 is 27.5 Å². The Kier molecular flexibility index (Phi) is 4.22. The molecule has 21 heavy (non-hydrogen) atoms. The van der Waals surface area contributed by atoms with E-state index in [1.165, 1.54) is 0 Å². The Morgan fingerprint density at radius 2 is 2.10 bits per heavy atom. The summed E-state index contributed by atoms with van der Waals surface area (Å²) >= 11 is 9.41. The number of hydrogen-bond donors (Lipinski definition) is 0. The highest BCUT2D eigenvalue weighted by Crippen LogP contribution is 2.22. The fourth-order valence-corrected chi connectivity index (χ4v) is 2.78. The molecule has 0 amide bonds. The van der Waals surface area contributed by atoms with Crippen molar-refractivity contribution in [3.05, 3.63) is 52.3 Å². The molecule has 0 spiro atoms. The largest absolute Gasteiger partial charge is 0.322 e. The van der Waals surface area contributed by atoms with Crippen LogP contribution in [0.5, 0.6) is 0 Å². The second kappa shape index (κ2) is 6.12. The Morgan fingerprint density at radius 3 is 2.81 bits per heavy atom. The second-order valence-electron chi connectivity index (χ2n) is 4.84. The molecule has 1 aromatic carbocycles. The van der Waals surface area contributed by atoms with E-state index in [-0.39, 0.29) is 0 Å². The molecule has 0 aliphatic rings. The molecule has 0 N–H and O–H groups in total. The van der Waals surface area contributed by atoms with Crippen LogP contribution in [0.1, 0.15) is 17.2 Å². The van der Waals surface area contributed by atoms with Crippen LogP contribution in [0, 0.1) is 6.92 Å². The summed E-state index contributed by atoms with van der Waals surface area (Å²) < 4.78 is 3.19. The number of hydrogen-bond acceptors (Lipinski definition) is 3. The standard InChI is InChI=1S/C15H14BrClN4/c1-10-7-19-12(8-18-10)9-21-14-6-11(16)2-3-13(14)20-15(21)4-5-17/h2-3,6-8H,4-5,9H2,1H3. The number of fused-ring (bicyclic) bond motifs is 1. The first-order chi connectivity index (χ1) is 10.2. The van der Waals surface area contributed by atoms with Crippen molar-refractivity contribution in [3.8, 4) is 0 Å². The van der Waals surface area contributed by atoms with Crippen molar-refractivity contribution in [1.82, 2.24) is 19.5 Å². The van der Waals surface area contributed by atoms with Crippen molar-refractivity contribution in [2.45, 2.75) is 19.9 Å². The van der Waals surface area contributed by atoms with E-state index < -0.39 is 0 Å². The zero-order valence-corrected chi connectivity index (χ0v) is 13.9. The summed E-state index contributed by atoms with van der Waals surface area (Å²) in [6.45, 7) is 2.58. The molecule has 3 aromatic rings. The van der Waals surface area contributed by atoms with E-state index in [1.54, 1.807) is 6.20 Å². The van der Waals surface area contributed by atoms with Crippen molar-refractivity contribution < 1.29 is 0 Å². The van der Waals surface area contributed by atoms with Gasteiger partial charge in [-0.3, -0.25) is 9.97 Å². The highest BCUT2D eigenvalue weighted by molar-refractivity contribution is 9.10. The van der Waals surface area contributed by atoms with Crippen LogP contribution in [-0.4, -0.2) is 25.4 Å². The molecule has 0 saturated carbocycles. The maximum absolute atomic E-state index is 5.90. The summed E-state index contributed by atoms with van der Waals surface area (Å²) in [6, 6.07) is 6.08. The minimum Gasteiger partial charge on any atom is -0.322 e. The molecule has 6 heteroatoms. The molecule has 2 heterocycles. The van der Waals surface area contributed by atoms with Crippen LogP contribution in [0.2, 0.25) is 0 Å². The highest BCUT2D eigenvalue weighted by Gasteiger charge is 2.12. The Bertz CT molecular complexity index is 767. The molecule has 0 aliphatic heterocycles. The zero-order valence-electron chi connectivity index (χ0n) is 11.6. The molecule has 0 atom stereocenters. The van der Waals surface area contributed by atoms with Gasteiger partial charge in [-0.1, -0.05) is 15.9 Å². The van der Waals surface area contributed by atoms with Gasteiger partial charge in [0.1, 0.15) is 5.82 Å². The molecule has 0 bridgehead atoms. The normalized spacial score (nSPS) is 11.2. The second-order valence-corrected chi connectivity index (χ2v) is 6.13. The van der Waals surface area contributed by atoms with E-state index in [2.05, 4.69) is 41.5 Å². The Balaban J connectivity index is 2.07. The number of alkyl halides is 1.